The van der Waals surface area contributed by atoms with Gasteiger partial charge >= 0.3 is 0 Å². The van der Waals surface area contributed by atoms with E-state index in [9.17, 15) is 4.79 Å². The third-order valence-electron chi connectivity index (χ3n) is 3.69. The molecule has 1 aromatic heterocycles. The lowest BCUT2D eigenvalue weighted by Crippen LogP contribution is -2.04. The van der Waals surface area contributed by atoms with Gasteiger partial charge in [-0.2, -0.15) is 0 Å². The number of aromatic nitrogens is 1. The van der Waals surface area contributed by atoms with E-state index in [0.29, 0.717) is 12.1 Å². The van der Waals surface area contributed by atoms with Crippen LogP contribution in [0.25, 0.3) is 0 Å². The van der Waals surface area contributed by atoms with Crippen molar-refractivity contribution in [3.63, 3.8) is 0 Å². The van der Waals surface area contributed by atoms with Gasteiger partial charge in [0.2, 0.25) is 0 Å². The molecule has 0 fully saturated rings. The van der Waals surface area contributed by atoms with Crippen molar-refractivity contribution in [2.24, 2.45) is 5.73 Å². The molecule has 0 spiro atoms. The van der Waals surface area contributed by atoms with Crippen LogP contribution in [0.15, 0.2) is 73.1 Å². The van der Waals surface area contributed by atoms with Crippen molar-refractivity contribution in [1.82, 2.24) is 4.98 Å². The molecule has 5 heteroatoms. The molecule has 27 heavy (non-hydrogen) atoms. The van der Waals surface area contributed by atoms with E-state index in [4.69, 9.17) is 5.73 Å². The van der Waals surface area contributed by atoms with E-state index in [1.807, 2.05) is 25.2 Å². The molecule has 0 radical (unpaired) electrons. The van der Waals surface area contributed by atoms with Crippen molar-refractivity contribution in [3.8, 4) is 0 Å². The third kappa shape index (κ3) is 9.09. The normalized spacial score (nSPS) is 9.19. The summed E-state index contributed by atoms with van der Waals surface area (Å²) < 4.78 is 0. The Bertz CT molecular complexity index is 780. The van der Waals surface area contributed by atoms with Crippen LogP contribution in [-0.2, 0) is 13.0 Å². The fraction of sp³-hybridized carbons (Fsp3) is 0.182. The second-order valence-electron chi connectivity index (χ2n) is 5.62. The second-order valence-corrected chi connectivity index (χ2v) is 6.24. The van der Waals surface area contributed by atoms with Gasteiger partial charge in [-0.15, -0.1) is 9.24 Å². The van der Waals surface area contributed by atoms with E-state index < -0.39 is 0 Å². The molecule has 0 bridgehead atoms. The van der Waals surface area contributed by atoms with Gasteiger partial charge in [-0.25, -0.2) is 0 Å². The fourth-order valence-corrected chi connectivity index (χ4v) is 2.43. The number of nitrogens with zero attached hydrogens (tertiary/aromatic N) is 1. The lowest BCUT2D eigenvalue weighted by atomic mass is 10.2. The van der Waals surface area contributed by atoms with Crippen LogP contribution in [0, 0.1) is 0 Å². The number of pyridine rings is 1. The highest BCUT2D eigenvalue weighted by atomic mass is 31.0. The summed E-state index contributed by atoms with van der Waals surface area (Å²) in [6, 6.07) is 20.0. The molecule has 0 saturated heterocycles. The minimum Gasteiger partial charge on any atom is -0.388 e. The molecule has 0 saturated carbocycles. The Morgan fingerprint density at radius 2 is 1.81 bits per heavy atom. The maximum atomic E-state index is 9.97. The van der Waals surface area contributed by atoms with Gasteiger partial charge in [0.1, 0.15) is 0 Å². The first kappa shape index (κ1) is 22.5. The van der Waals surface area contributed by atoms with Crippen LogP contribution in [0.3, 0.4) is 0 Å². The highest BCUT2D eigenvalue weighted by Gasteiger charge is 1.95. The number of hydrogen-bond donors (Lipinski definition) is 2. The molecule has 1 atom stereocenters. The van der Waals surface area contributed by atoms with Gasteiger partial charge in [0, 0.05) is 37.2 Å². The quantitative estimate of drug-likeness (QED) is 0.532. The van der Waals surface area contributed by atoms with Crippen LogP contribution in [0.2, 0.25) is 0 Å². The summed E-state index contributed by atoms with van der Waals surface area (Å²) in [5.41, 5.74) is 9.79. The zero-order valence-corrected chi connectivity index (χ0v) is 17.1. The average Bonchev–Trinajstić information content (AvgIpc) is 2.76. The first-order valence-corrected chi connectivity index (χ1v) is 9.37. The fourth-order valence-electron chi connectivity index (χ4n) is 2.11. The van der Waals surface area contributed by atoms with Crippen molar-refractivity contribution >= 4 is 26.5 Å². The summed E-state index contributed by atoms with van der Waals surface area (Å²) in [5.74, 6) is 0. The molecule has 3 N–H and O–H groups in total. The molecule has 4 nitrogen and oxygen atoms in total. The lowest BCUT2D eigenvalue weighted by Gasteiger charge is -2.05. The van der Waals surface area contributed by atoms with Gasteiger partial charge in [-0.05, 0) is 41.1 Å². The number of hydrogen-bond acceptors (Lipinski definition) is 4. The number of rotatable bonds is 4. The maximum absolute atomic E-state index is 9.97. The summed E-state index contributed by atoms with van der Waals surface area (Å²) in [6.07, 6.45) is 5.06. The zero-order valence-electron chi connectivity index (χ0n) is 15.9. The van der Waals surface area contributed by atoms with E-state index in [0.717, 1.165) is 24.0 Å². The van der Waals surface area contributed by atoms with Crippen LogP contribution >= 0.6 is 9.24 Å². The van der Waals surface area contributed by atoms with Crippen molar-refractivity contribution in [2.75, 3.05) is 12.4 Å². The zero-order chi connectivity index (χ0) is 19.9. The topological polar surface area (TPSA) is 68.0 Å². The predicted octanol–water partition coefficient (Wildman–Crippen LogP) is 3.83. The molecule has 3 rings (SSSR count). The second kappa shape index (κ2) is 13.6. The summed E-state index contributed by atoms with van der Waals surface area (Å²) in [4.78, 5) is 13.7. The Morgan fingerprint density at radius 3 is 2.26 bits per heavy atom. The highest BCUT2D eigenvalue weighted by Crippen LogP contribution is 2.09. The molecule has 0 amide bonds. The van der Waals surface area contributed by atoms with Gasteiger partial charge in [0.05, 0.1) is 0 Å². The number of carbonyl (C=O) groups is 1. The van der Waals surface area contributed by atoms with E-state index in [-0.39, 0.29) is 0 Å². The van der Waals surface area contributed by atoms with Gasteiger partial charge < -0.3 is 11.1 Å². The van der Waals surface area contributed by atoms with Gasteiger partial charge in [0.25, 0.3) is 0 Å². The number of anilines is 1. The first-order valence-electron chi connectivity index (χ1n) is 8.79. The Hall–Kier alpha value is -2.55. The molecular weight excluding hydrogens is 353 g/mol. The van der Waals surface area contributed by atoms with Crippen LogP contribution in [0.4, 0.5) is 5.69 Å². The van der Waals surface area contributed by atoms with Crippen molar-refractivity contribution in [2.45, 2.75) is 19.9 Å². The molecule has 3 aromatic rings. The summed E-state index contributed by atoms with van der Waals surface area (Å²) in [7, 11) is 4.58. The Labute approximate surface area is 164 Å². The minimum atomic E-state index is 0.597. The van der Waals surface area contributed by atoms with Crippen molar-refractivity contribution < 1.29 is 4.79 Å². The van der Waals surface area contributed by atoms with Crippen molar-refractivity contribution in [3.05, 3.63) is 89.7 Å². The molecule has 0 aliphatic heterocycles. The van der Waals surface area contributed by atoms with Crippen LogP contribution in [-0.4, -0.2) is 18.3 Å². The number of nitrogens with two attached hydrogens (primary N) is 1. The maximum Gasteiger partial charge on any atom is 0.151 e. The summed E-state index contributed by atoms with van der Waals surface area (Å²) in [5, 5.41) is 4.26. The molecule has 0 aliphatic carbocycles. The monoisotopic (exact) mass is 381 g/mol. The molecule has 142 valence electrons. The summed E-state index contributed by atoms with van der Waals surface area (Å²) in [6.45, 7) is 2.76. The van der Waals surface area contributed by atoms with E-state index in [1.165, 1.54) is 17.1 Å². The number of aryl methyl sites for hydroxylation is 1. The number of benzene rings is 2. The van der Waals surface area contributed by atoms with E-state index in [1.54, 1.807) is 18.3 Å². The highest BCUT2D eigenvalue weighted by molar-refractivity contribution is 7.28. The van der Waals surface area contributed by atoms with E-state index in [2.05, 4.69) is 56.8 Å². The van der Waals surface area contributed by atoms with Gasteiger partial charge in [-0.1, -0.05) is 49.4 Å². The average molecular weight is 381 g/mol. The summed E-state index contributed by atoms with van der Waals surface area (Å²) >= 11 is 0. The SMILES string of the molecule is CCc1ccccc1.CNc1cc(CN)ccc1P.O=Cc1cccnc1. The van der Waals surface area contributed by atoms with Crippen LogP contribution in [0.5, 0.6) is 0 Å². The Kier molecular flexibility index (Phi) is 11.4. The molecule has 1 unspecified atom stereocenters. The number of aldehydes is 1. The molecule has 2 aromatic carbocycles. The van der Waals surface area contributed by atoms with Crippen molar-refractivity contribution in [1.29, 1.82) is 0 Å². The van der Waals surface area contributed by atoms with Crippen LogP contribution in [0.1, 0.15) is 28.4 Å². The lowest BCUT2D eigenvalue weighted by molar-refractivity contribution is 0.112. The van der Waals surface area contributed by atoms with Gasteiger partial charge in [0.15, 0.2) is 6.29 Å². The number of nitrogens with one attached hydrogen (secondary N) is 1. The van der Waals surface area contributed by atoms with Gasteiger partial charge in [-0.3, -0.25) is 9.78 Å². The molecule has 0 aliphatic rings. The largest absolute Gasteiger partial charge is 0.388 e. The standard InChI is InChI=1S/C8H13N2P.C8H10.C6H5NO/c1-10-7-4-6(5-9)2-3-8(7)11;1-2-8-6-4-3-5-7-8;8-5-6-2-1-3-7-4-6/h2-4,10H,5,9,11H2,1H3;3-7H,2H2,1H3;1-5H. The number of carbonyl (C=O) groups excluding carboxylic acids is 1. The Balaban J connectivity index is 0.000000206. The predicted molar refractivity (Wildman–Crippen MR) is 119 cm³/mol. The van der Waals surface area contributed by atoms with Crippen LogP contribution < -0.4 is 16.4 Å². The molecule has 1 heterocycles. The Morgan fingerprint density at radius 1 is 1.07 bits per heavy atom. The third-order valence-corrected chi connectivity index (χ3v) is 4.20. The first-order chi connectivity index (χ1) is 13.1. The van der Waals surface area contributed by atoms with E-state index >= 15 is 0 Å². The smallest absolute Gasteiger partial charge is 0.151 e. The molecular formula is C22H28N3OP. The minimum absolute atomic E-state index is 0.597.